The molecule has 1 rings (SSSR count). The van der Waals surface area contributed by atoms with Crippen LogP contribution in [0.5, 0.6) is 0 Å². The maximum absolute atomic E-state index is 11.9. The van der Waals surface area contributed by atoms with E-state index in [-0.39, 0.29) is 11.8 Å². The van der Waals surface area contributed by atoms with E-state index in [1.165, 1.54) is 0 Å². The molecule has 1 unspecified atom stereocenters. The Balaban J connectivity index is 2.61. The average molecular weight is 298 g/mol. The van der Waals surface area contributed by atoms with Crippen molar-refractivity contribution in [3.05, 3.63) is 0 Å². The third kappa shape index (κ3) is 4.83. The van der Waals surface area contributed by atoms with Gasteiger partial charge in [-0.2, -0.15) is 4.31 Å². The van der Waals surface area contributed by atoms with Crippen LogP contribution in [0.15, 0.2) is 0 Å². The van der Waals surface area contributed by atoms with E-state index in [0.717, 1.165) is 25.5 Å². The summed E-state index contributed by atoms with van der Waals surface area (Å²) in [5.41, 5.74) is 0. The molecule has 0 aromatic rings. The monoisotopic (exact) mass is 298 g/mol. The molecule has 0 amide bonds. The molecule has 1 atom stereocenters. The largest absolute Gasteiger partial charge is 0.215 e. The highest BCUT2D eigenvalue weighted by atomic mass is 32.2. The van der Waals surface area contributed by atoms with Crippen molar-refractivity contribution in [2.75, 3.05) is 25.1 Å². The van der Waals surface area contributed by atoms with Gasteiger partial charge in [-0.1, -0.05) is 6.42 Å². The molecule has 1 fully saturated rings. The molecule has 8 heteroatoms. The highest BCUT2D eigenvalue weighted by Crippen LogP contribution is 2.22. The zero-order valence-electron chi connectivity index (χ0n) is 10.9. The SMILES string of the molecule is CCS(=O)(=O)N1CCCCC1CCNS(C)(=O)=O. The zero-order chi connectivity index (χ0) is 13.8. The second-order valence-electron chi connectivity index (χ2n) is 4.62. The van der Waals surface area contributed by atoms with Gasteiger partial charge in [-0.25, -0.2) is 21.6 Å². The van der Waals surface area contributed by atoms with E-state index in [2.05, 4.69) is 4.72 Å². The summed E-state index contributed by atoms with van der Waals surface area (Å²) in [7, 11) is -6.38. The van der Waals surface area contributed by atoms with E-state index in [4.69, 9.17) is 0 Å². The Kier molecular flexibility index (Phi) is 5.57. The Labute approximate surface area is 110 Å². The van der Waals surface area contributed by atoms with Gasteiger partial charge in [-0.15, -0.1) is 0 Å². The molecule has 0 aliphatic carbocycles. The molecule has 18 heavy (non-hydrogen) atoms. The lowest BCUT2D eigenvalue weighted by molar-refractivity contribution is 0.242. The minimum absolute atomic E-state index is 0.0713. The van der Waals surface area contributed by atoms with Gasteiger partial charge in [0, 0.05) is 19.1 Å². The van der Waals surface area contributed by atoms with Crippen LogP contribution in [0, 0.1) is 0 Å². The quantitative estimate of drug-likeness (QED) is 0.755. The number of rotatable bonds is 6. The number of hydrogen-bond acceptors (Lipinski definition) is 4. The summed E-state index contributed by atoms with van der Waals surface area (Å²) in [5.74, 6) is 0.100. The first kappa shape index (κ1) is 15.9. The molecule has 1 saturated heterocycles. The predicted molar refractivity (Wildman–Crippen MR) is 71.3 cm³/mol. The fourth-order valence-electron chi connectivity index (χ4n) is 2.21. The topological polar surface area (TPSA) is 83.6 Å². The zero-order valence-corrected chi connectivity index (χ0v) is 12.6. The van der Waals surface area contributed by atoms with Crippen LogP contribution in [-0.2, 0) is 20.0 Å². The van der Waals surface area contributed by atoms with Gasteiger partial charge in [-0.3, -0.25) is 0 Å². The highest BCUT2D eigenvalue weighted by molar-refractivity contribution is 7.89. The average Bonchev–Trinajstić information content (AvgIpc) is 2.28. The first-order valence-corrected chi connectivity index (χ1v) is 9.70. The second-order valence-corrected chi connectivity index (χ2v) is 8.66. The van der Waals surface area contributed by atoms with E-state index in [0.29, 0.717) is 19.5 Å². The summed E-state index contributed by atoms with van der Waals surface area (Å²) in [6.45, 7) is 2.48. The molecule has 1 aliphatic rings. The standard InChI is InChI=1S/C10H22N2O4S2/c1-3-18(15,16)12-9-5-4-6-10(12)7-8-11-17(2,13)14/h10-11H,3-9H2,1-2H3. The molecule has 0 radical (unpaired) electrons. The van der Waals surface area contributed by atoms with Gasteiger partial charge in [0.1, 0.15) is 0 Å². The van der Waals surface area contributed by atoms with Gasteiger partial charge in [0.25, 0.3) is 0 Å². The van der Waals surface area contributed by atoms with E-state index in [1.807, 2.05) is 0 Å². The fourth-order valence-corrected chi connectivity index (χ4v) is 4.10. The van der Waals surface area contributed by atoms with Gasteiger partial charge in [0.15, 0.2) is 0 Å². The summed E-state index contributed by atoms with van der Waals surface area (Å²) in [5, 5.41) is 0. The van der Waals surface area contributed by atoms with Crippen molar-refractivity contribution < 1.29 is 16.8 Å². The summed E-state index contributed by atoms with van der Waals surface area (Å²) >= 11 is 0. The summed E-state index contributed by atoms with van der Waals surface area (Å²) in [6.07, 6.45) is 4.33. The van der Waals surface area contributed by atoms with Gasteiger partial charge in [0.05, 0.1) is 12.0 Å². The molecule has 1 heterocycles. The summed E-state index contributed by atoms with van der Waals surface area (Å²) in [6, 6.07) is -0.0713. The number of hydrogen-bond donors (Lipinski definition) is 1. The molecule has 0 saturated carbocycles. The minimum atomic E-state index is -3.20. The molecule has 0 bridgehead atoms. The molecule has 1 aliphatic heterocycles. The number of piperidine rings is 1. The van der Waals surface area contributed by atoms with Crippen LogP contribution >= 0.6 is 0 Å². The van der Waals surface area contributed by atoms with Crippen molar-refractivity contribution in [2.45, 2.75) is 38.6 Å². The van der Waals surface area contributed by atoms with Crippen molar-refractivity contribution in [2.24, 2.45) is 0 Å². The van der Waals surface area contributed by atoms with Crippen LogP contribution in [0.3, 0.4) is 0 Å². The van der Waals surface area contributed by atoms with Crippen LogP contribution in [-0.4, -0.2) is 52.3 Å². The fraction of sp³-hybridized carbons (Fsp3) is 1.00. The highest BCUT2D eigenvalue weighted by Gasteiger charge is 2.30. The maximum atomic E-state index is 11.9. The molecule has 108 valence electrons. The van der Waals surface area contributed by atoms with Crippen LogP contribution in [0.4, 0.5) is 0 Å². The van der Waals surface area contributed by atoms with Crippen molar-refractivity contribution in [3.63, 3.8) is 0 Å². The van der Waals surface area contributed by atoms with Crippen molar-refractivity contribution in [1.82, 2.24) is 9.03 Å². The number of sulfonamides is 2. The molecule has 6 nitrogen and oxygen atoms in total. The summed E-state index contributed by atoms with van der Waals surface area (Å²) < 4.78 is 49.7. The molecular formula is C10H22N2O4S2. The second kappa shape index (κ2) is 6.31. The van der Waals surface area contributed by atoms with E-state index in [9.17, 15) is 16.8 Å². The molecular weight excluding hydrogens is 276 g/mol. The van der Waals surface area contributed by atoms with E-state index >= 15 is 0 Å². The molecule has 1 N–H and O–H groups in total. The van der Waals surface area contributed by atoms with Crippen LogP contribution in [0.25, 0.3) is 0 Å². The Morgan fingerprint density at radius 3 is 2.44 bits per heavy atom. The smallest absolute Gasteiger partial charge is 0.214 e. The molecule has 0 aromatic heterocycles. The minimum Gasteiger partial charge on any atom is -0.215 e. The Bertz CT molecular complexity index is 458. The van der Waals surface area contributed by atoms with Gasteiger partial charge in [-0.05, 0) is 26.2 Å². The third-order valence-corrected chi connectivity index (χ3v) is 5.79. The van der Waals surface area contributed by atoms with Crippen molar-refractivity contribution in [3.8, 4) is 0 Å². The lowest BCUT2D eigenvalue weighted by Gasteiger charge is -2.34. The van der Waals surface area contributed by atoms with Crippen LogP contribution in [0.1, 0.15) is 32.6 Å². The van der Waals surface area contributed by atoms with Crippen LogP contribution in [0.2, 0.25) is 0 Å². The van der Waals surface area contributed by atoms with E-state index < -0.39 is 20.0 Å². The molecule has 0 spiro atoms. The number of nitrogens with zero attached hydrogens (tertiary/aromatic N) is 1. The lowest BCUT2D eigenvalue weighted by atomic mass is 10.0. The lowest BCUT2D eigenvalue weighted by Crippen LogP contribution is -2.45. The van der Waals surface area contributed by atoms with Gasteiger partial charge >= 0.3 is 0 Å². The predicted octanol–water partition coefficient (Wildman–Crippen LogP) is 0.130. The summed E-state index contributed by atoms with van der Waals surface area (Å²) in [4.78, 5) is 0. The van der Waals surface area contributed by atoms with E-state index in [1.54, 1.807) is 11.2 Å². The van der Waals surface area contributed by atoms with Gasteiger partial charge < -0.3 is 0 Å². The third-order valence-electron chi connectivity index (χ3n) is 3.14. The first-order valence-electron chi connectivity index (χ1n) is 6.20. The number of nitrogens with one attached hydrogen (secondary N) is 1. The Morgan fingerprint density at radius 1 is 1.22 bits per heavy atom. The van der Waals surface area contributed by atoms with Gasteiger partial charge in [0.2, 0.25) is 20.0 Å². The normalized spacial score (nSPS) is 23.1. The van der Waals surface area contributed by atoms with Crippen molar-refractivity contribution in [1.29, 1.82) is 0 Å². The van der Waals surface area contributed by atoms with Crippen molar-refractivity contribution >= 4 is 20.0 Å². The van der Waals surface area contributed by atoms with Crippen LogP contribution < -0.4 is 4.72 Å². The molecule has 0 aromatic carbocycles. The first-order chi connectivity index (χ1) is 8.26. The Hall–Kier alpha value is -0.180. The maximum Gasteiger partial charge on any atom is 0.214 e. The Morgan fingerprint density at radius 2 is 1.89 bits per heavy atom.